The highest BCUT2D eigenvalue weighted by atomic mass is 16.5. The monoisotopic (exact) mass is 467 g/mol. The lowest BCUT2D eigenvalue weighted by molar-refractivity contribution is 0.0995. The third-order valence-corrected chi connectivity index (χ3v) is 5.73. The summed E-state index contributed by atoms with van der Waals surface area (Å²) in [5.74, 6) is 1.61. The zero-order chi connectivity index (χ0) is 24.4. The lowest BCUT2D eigenvalue weighted by Crippen LogP contribution is -2.15. The summed E-state index contributed by atoms with van der Waals surface area (Å²) < 4.78 is 17.5. The number of carbonyl (C=O) groups excluding carboxylic acids is 1. The SMILES string of the molecule is Cc1cccc(-c2nc(C(C)C)no2)c1NC(=O)c1oc2ccccc2c1COc1ccccc1. The van der Waals surface area contributed by atoms with Gasteiger partial charge in [0.2, 0.25) is 0 Å². The highest BCUT2D eigenvalue weighted by molar-refractivity contribution is 6.08. The number of para-hydroxylation sites is 3. The van der Waals surface area contributed by atoms with Crippen LogP contribution in [-0.4, -0.2) is 16.0 Å². The van der Waals surface area contributed by atoms with Crippen LogP contribution in [0.15, 0.2) is 81.7 Å². The Hall–Kier alpha value is -4.39. The molecule has 5 aromatic rings. The van der Waals surface area contributed by atoms with Gasteiger partial charge in [-0.25, -0.2) is 0 Å². The van der Waals surface area contributed by atoms with Gasteiger partial charge in [-0.2, -0.15) is 4.98 Å². The molecule has 1 N–H and O–H groups in total. The van der Waals surface area contributed by atoms with Crippen molar-refractivity contribution in [1.29, 1.82) is 0 Å². The largest absolute Gasteiger partial charge is 0.489 e. The summed E-state index contributed by atoms with van der Waals surface area (Å²) in [4.78, 5) is 18.0. The molecular weight excluding hydrogens is 442 g/mol. The van der Waals surface area contributed by atoms with Crippen LogP contribution in [-0.2, 0) is 6.61 Å². The third kappa shape index (κ3) is 4.53. The number of hydrogen-bond donors (Lipinski definition) is 1. The van der Waals surface area contributed by atoms with E-state index < -0.39 is 0 Å². The van der Waals surface area contributed by atoms with E-state index in [2.05, 4.69) is 15.5 Å². The molecule has 0 saturated heterocycles. The van der Waals surface area contributed by atoms with Crippen LogP contribution in [0, 0.1) is 6.92 Å². The van der Waals surface area contributed by atoms with Crippen LogP contribution >= 0.6 is 0 Å². The maximum Gasteiger partial charge on any atom is 0.291 e. The fraction of sp³-hybridized carbons (Fsp3) is 0.179. The van der Waals surface area contributed by atoms with Crippen LogP contribution in [0.5, 0.6) is 5.75 Å². The van der Waals surface area contributed by atoms with Gasteiger partial charge in [-0.05, 0) is 36.8 Å². The van der Waals surface area contributed by atoms with Gasteiger partial charge in [-0.1, -0.05) is 67.5 Å². The fourth-order valence-electron chi connectivity index (χ4n) is 3.86. The first kappa shape index (κ1) is 22.4. The van der Waals surface area contributed by atoms with Gasteiger partial charge >= 0.3 is 0 Å². The molecule has 0 aliphatic rings. The van der Waals surface area contributed by atoms with E-state index in [0.717, 1.165) is 10.9 Å². The topological polar surface area (TPSA) is 90.4 Å². The minimum absolute atomic E-state index is 0.123. The molecule has 0 fully saturated rings. The average Bonchev–Trinajstić information content (AvgIpc) is 3.50. The predicted octanol–water partition coefficient (Wildman–Crippen LogP) is 6.75. The van der Waals surface area contributed by atoms with Crippen molar-refractivity contribution in [2.24, 2.45) is 0 Å². The second kappa shape index (κ2) is 9.46. The van der Waals surface area contributed by atoms with E-state index >= 15 is 0 Å². The fourth-order valence-corrected chi connectivity index (χ4v) is 3.86. The molecule has 3 aromatic carbocycles. The van der Waals surface area contributed by atoms with Crippen molar-refractivity contribution in [3.63, 3.8) is 0 Å². The lowest BCUT2D eigenvalue weighted by Gasteiger charge is -2.12. The first-order valence-electron chi connectivity index (χ1n) is 11.4. The molecule has 176 valence electrons. The number of benzene rings is 3. The minimum Gasteiger partial charge on any atom is -0.489 e. The number of nitrogens with zero attached hydrogens (tertiary/aromatic N) is 2. The minimum atomic E-state index is -0.382. The molecule has 2 heterocycles. The number of aryl methyl sites for hydroxylation is 1. The molecule has 0 unspecified atom stereocenters. The molecule has 0 atom stereocenters. The Morgan fingerprint density at radius 2 is 1.77 bits per heavy atom. The van der Waals surface area contributed by atoms with E-state index in [0.29, 0.717) is 39.9 Å². The number of fused-ring (bicyclic) bond motifs is 1. The number of carbonyl (C=O) groups is 1. The Bertz CT molecular complexity index is 1480. The first-order chi connectivity index (χ1) is 17.0. The number of furan rings is 1. The molecule has 0 spiro atoms. The molecular formula is C28H25N3O4. The van der Waals surface area contributed by atoms with E-state index in [1.165, 1.54) is 0 Å². The molecule has 1 amide bonds. The summed E-state index contributed by atoms with van der Waals surface area (Å²) in [6.07, 6.45) is 0. The molecule has 0 bridgehead atoms. The number of amides is 1. The molecule has 7 nitrogen and oxygen atoms in total. The quantitative estimate of drug-likeness (QED) is 0.285. The van der Waals surface area contributed by atoms with Crippen molar-refractivity contribution in [3.8, 4) is 17.2 Å². The van der Waals surface area contributed by atoms with Gasteiger partial charge in [0.1, 0.15) is 17.9 Å². The Kier molecular flexibility index (Phi) is 6.06. The molecule has 7 heteroatoms. The van der Waals surface area contributed by atoms with E-state index in [1.54, 1.807) is 0 Å². The number of nitrogens with one attached hydrogen (secondary N) is 1. The first-order valence-corrected chi connectivity index (χ1v) is 11.4. The molecule has 0 radical (unpaired) electrons. The van der Waals surface area contributed by atoms with Crippen LogP contribution < -0.4 is 10.1 Å². The molecule has 0 aliphatic heterocycles. The van der Waals surface area contributed by atoms with Crippen molar-refractivity contribution in [2.75, 3.05) is 5.32 Å². The maximum atomic E-state index is 13.5. The highest BCUT2D eigenvalue weighted by Crippen LogP contribution is 2.33. The smallest absolute Gasteiger partial charge is 0.291 e. The summed E-state index contributed by atoms with van der Waals surface area (Å²) in [7, 11) is 0. The van der Waals surface area contributed by atoms with Gasteiger partial charge in [0, 0.05) is 16.9 Å². The molecule has 0 saturated carbocycles. The van der Waals surface area contributed by atoms with Crippen molar-refractivity contribution < 1.29 is 18.5 Å². The van der Waals surface area contributed by atoms with E-state index in [-0.39, 0.29) is 24.2 Å². The van der Waals surface area contributed by atoms with Crippen molar-refractivity contribution in [2.45, 2.75) is 33.3 Å². The summed E-state index contributed by atoms with van der Waals surface area (Å²) in [5.41, 5.74) is 3.39. The third-order valence-electron chi connectivity index (χ3n) is 5.73. The predicted molar refractivity (Wildman–Crippen MR) is 134 cm³/mol. The van der Waals surface area contributed by atoms with Crippen LogP contribution in [0.2, 0.25) is 0 Å². The van der Waals surface area contributed by atoms with Crippen LogP contribution in [0.25, 0.3) is 22.4 Å². The second-order valence-corrected chi connectivity index (χ2v) is 8.57. The Labute approximate surface area is 202 Å². The normalized spacial score (nSPS) is 11.2. The van der Waals surface area contributed by atoms with Crippen LogP contribution in [0.4, 0.5) is 5.69 Å². The highest BCUT2D eigenvalue weighted by Gasteiger charge is 2.24. The summed E-state index contributed by atoms with van der Waals surface area (Å²) >= 11 is 0. The van der Waals surface area contributed by atoms with E-state index in [1.807, 2.05) is 93.6 Å². The zero-order valence-electron chi connectivity index (χ0n) is 19.7. The van der Waals surface area contributed by atoms with Gasteiger partial charge in [-0.15, -0.1) is 0 Å². The van der Waals surface area contributed by atoms with Crippen LogP contribution in [0.3, 0.4) is 0 Å². The Balaban J connectivity index is 1.50. The summed E-state index contributed by atoms with van der Waals surface area (Å²) in [5, 5.41) is 7.91. The van der Waals surface area contributed by atoms with Crippen LogP contribution in [0.1, 0.15) is 47.3 Å². The number of anilines is 1. The van der Waals surface area contributed by atoms with E-state index in [9.17, 15) is 4.79 Å². The molecule has 35 heavy (non-hydrogen) atoms. The number of rotatable bonds is 7. The Morgan fingerprint density at radius 1 is 1.00 bits per heavy atom. The maximum absolute atomic E-state index is 13.5. The molecule has 5 rings (SSSR count). The van der Waals surface area contributed by atoms with Gasteiger partial charge in [0.15, 0.2) is 11.6 Å². The van der Waals surface area contributed by atoms with Crippen molar-refractivity contribution in [3.05, 3.63) is 95.5 Å². The van der Waals surface area contributed by atoms with Gasteiger partial charge in [-0.3, -0.25) is 4.79 Å². The molecule has 2 aromatic heterocycles. The lowest BCUT2D eigenvalue weighted by atomic mass is 10.1. The number of ether oxygens (including phenoxy) is 1. The van der Waals surface area contributed by atoms with Gasteiger partial charge in [0.25, 0.3) is 11.8 Å². The summed E-state index contributed by atoms with van der Waals surface area (Å²) in [6, 6.07) is 22.7. The number of hydrogen-bond acceptors (Lipinski definition) is 6. The van der Waals surface area contributed by atoms with Crippen molar-refractivity contribution >= 4 is 22.6 Å². The molecule has 0 aliphatic carbocycles. The number of aromatic nitrogens is 2. The van der Waals surface area contributed by atoms with Gasteiger partial charge < -0.3 is 19.0 Å². The second-order valence-electron chi connectivity index (χ2n) is 8.57. The van der Waals surface area contributed by atoms with Crippen molar-refractivity contribution in [1.82, 2.24) is 10.1 Å². The Morgan fingerprint density at radius 3 is 2.54 bits per heavy atom. The summed E-state index contributed by atoms with van der Waals surface area (Å²) in [6.45, 7) is 6.09. The standard InChI is InChI=1S/C28H25N3O4/c1-17(2)26-30-28(35-31-26)21-14-9-10-18(3)24(21)29-27(32)25-22(16-33-19-11-5-4-6-12-19)20-13-7-8-15-23(20)34-25/h4-15,17H,16H2,1-3H3,(H,29,32). The zero-order valence-corrected chi connectivity index (χ0v) is 19.7. The average molecular weight is 468 g/mol. The van der Waals surface area contributed by atoms with Gasteiger partial charge in [0.05, 0.1) is 11.3 Å². The van der Waals surface area contributed by atoms with E-state index in [4.69, 9.17) is 13.7 Å².